The van der Waals surface area contributed by atoms with Crippen LogP contribution in [0.25, 0.3) is 0 Å². The lowest BCUT2D eigenvalue weighted by Gasteiger charge is -2.41. The molecule has 114 valence electrons. The van der Waals surface area contributed by atoms with E-state index < -0.39 is 16.1 Å². The molecule has 1 aliphatic rings. The Labute approximate surface area is 133 Å². The monoisotopic (exact) mass is 381 g/mol. The van der Waals surface area contributed by atoms with E-state index in [4.69, 9.17) is 0 Å². The molecule has 0 radical (unpaired) electrons. The third-order valence-corrected chi connectivity index (χ3v) is 7.76. The highest BCUT2D eigenvalue weighted by atomic mass is 79.9. The summed E-state index contributed by atoms with van der Waals surface area (Å²) in [5.74, 6) is 0.129. The highest BCUT2D eigenvalue weighted by Gasteiger charge is 2.39. The molecule has 20 heavy (non-hydrogen) atoms. The largest absolute Gasteiger partial charge is 0.391 e. The van der Waals surface area contributed by atoms with Crippen LogP contribution in [0.2, 0.25) is 0 Å². The fourth-order valence-electron chi connectivity index (χ4n) is 2.69. The SMILES string of the molecule is CC(C)(C)[C@H]1CCN(S(=O)(=O)c2ccc(Br)s2)C[C@H]1O. The van der Waals surface area contributed by atoms with Crippen LogP contribution >= 0.6 is 27.3 Å². The summed E-state index contributed by atoms with van der Waals surface area (Å²) in [6.45, 7) is 6.90. The Morgan fingerprint density at radius 3 is 2.50 bits per heavy atom. The third kappa shape index (κ3) is 3.27. The maximum atomic E-state index is 12.5. The van der Waals surface area contributed by atoms with Crippen LogP contribution in [0.15, 0.2) is 20.1 Å². The average molecular weight is 382 g/mol. The number of aliphatic hydroxyl groups is 1. The van der Waals surface area contributed by atoms with E-state index in [1.165, 1.54) is 15.6 Å². The van der Waals surface area contributed by atoms with Gasteiger partial charge in [-0.1, -0.05) is 20.8 Å². The van der Waals surface area contributed by atoms with Crippen molar-refractivity contribution in [2.75, 3.05) is 13.1 Å². The van der Waals surface area contributed by atoms with E-state index in [0.29, 0.717) is 17.2 Å². The van der Waals surface area contributed by atoms with Gasteiger partial charge in [0.1, 0.15) is 4.21 Å². The molecule has 0 aromatic carbocycles. The first-order valence-corrected chi connectivity index (χ1v) is 9.61. The van der Waals surface area contributed by atoms with Gasteiger partial charge in [-0.05, 0) is 45.8 Å². The molecule has 0 spiro atoms. The molecule has 2 rings (SSSR count). The van der Waals surface area contributed by atoms with E-state index >= 15 is 0 Å². The van der Waals surface area contributed by atoms with E-state index in [-0.39, 0.29) is 17.9 Å². The summed E-state index contributed by atoms with van der Waals surface area (Å²) >= 11 is 4.48. The normalized spacial score (nSPS) is 25.9. The van der Waals surface area contributed by atoms with Crippen LogP contribution in [-0.4, -0.2) is 37.0 Å². The van der Waals surface area contributed by atoms with Gasteiger partial charge in [0.2, 0.25) is 0 Å². The summed E-state index contributed by atoms with van der Waals surface area (Å²) in [4.78, 5) is 0. The van der Waals surface area contributed by atoms with Crippen molar-refractivity contribution in [3.05, 3.63) is 15.9 Å². The van der Waals surface area contributed by atoms with Crippen molar-refractivity contribution in [3.8, 4) is 0 Å². The Morgan fingerprint density at radius 1 is 1.40 bits per heavy atom. The van der Waals surface area contributed by atoms with Gasteiger partial charge in [-0.3, -0.25) is 0 Å². The number of halogens is 1. The minimum absolute atomic E-state index is 0.0127. The molecule has 1 aliphatic heterocycles. The van der Waals surface area contributed by atoms with Crippen LogP contribution in [-0.2, 0) is 10.0 Å². The zero-order chi connectivity index (χ0) is 15.1. The molecule has 1 aromatic rings. The van der Waals surface area contributed by atoms with Gasteiger partial charge in [0, 0.05) is 13.1 Å². The molecule has 1 aromatic heterocycles. The van der Waals surface area contributed by atoms with E-state index in [2.05, 4.69) is 36.7 Å². The number of rotatable bonds is 2. The van der Waals surface area contributed by atoms with Gasteiger partial charge >= 0.3 is 0 Å². The molecule has 0 amide bonds. The Kier molecular flexibility index (Phi) is 4.67. The number of β-amino-alcohol motifs (C(OH)–C–C–N with tert-alkyl or cyclic N) is 1. The lowest BCUT2D eigenvalue weighted by molar-refractivity contribution is -0.00205. The van der Waals surface area contributed by atoms with Crippen molar-refractivity contribution in [2.45, 2.75) is 37.5 Å². The van der Waals surface area contributed by atoms with Crippen LogP contribution < -0.4 is 0 Å². The molecular weight excluding hydrogens is 362 g/mol. The van der Waals surface area contributed by atoms with Crippen molar-refractivity contribution in [2.24, 2.45) is 11.3 Å². The van der Waals surface area contributed by atoms with Crippen molar-refractivity contribution >= 4 is 37.3 Å². The maximum absolute atomic E-state index is 12.5. The number of nitrogens with zero attached hydrogens (tertiary/aromatic N) is 1. The van der Waals surface area contributed by atoms with E-state index in [0.717, 1.165) is 3.79 Å². The molecule has 0 aliphatic carbocycles. The number of hydrogen-bond donors (Lipinski definition) is 1. The van der Waals surface area contributed by atoms with E-state index in [9.17, 15) is 13.5 Å². The van der Waals surface area contributed by atoms with Crippen molar-refractivity contribution in [3.63, 3.8) is 0 Å². The molecule has 7 heteroatoms. The van der Waals surface area contributed by atoms with Gasteiger partial charge in [-0.15, -0.1) is 11.3 Å². The molecule has 0 bridgehead atoms. The molecular formula is C13H20BrNO3S2. The number of thiophene rings is 1. The van der Waals surface area contributed by atoms with Crippen LogP contribution in [0.4, 0.5) is 0 Å². The molecule has 2 atom stereocenters. The zero-order valence-corrected chi connectivity index (χ0v) is 15.1. The number of sulfonamides is 1. The van der Waals surface area contributed by atoms with Crippen molar-refractivity contribution in [1.29, 1.82) is 0 Å². The summed E-state index contributed by atoms with van der Waals surface area (Å²) in [6, 6.07) is 3.34. The smallest absolute Gasteiger partial charge is 0.252 e. The average Bonchev–Trinajstić information content (AvgIpc) is 2.74. The predicted molar refractivity (Wildman–Crippen MR) is 84.3 cm³/mol. The summed E-state index contributed by atoms with van der Waals surface area (Å²) in [5.41, 5.74) is -0.0127. The van der Waals surface area contributed by atoms with Gasteiger partial charge in [0.05, 0.1) is 9.89 Å². The van der Waals surface area contributed by atoms with Crippen LogP contribution in [0.3, 0.4) is 0 Å². The Balaban J connectivity index is 2.17. The predicted octanol–water partition coefficient (Wildman–Crippen LogP) is 2.93. The molecule has 1 N–H and O–H groups in total. The van der Waals surface area contributed by atoms with Crippen LogP contribution in [0, 0.1) is 11.3 Å². The lowest BCUT2D eigenvalue weighted by Crippen LogP contribution is -2.49. The molecule has 1 fully saturated rings. The summed E-state index contributed by atoms with van der Waals surface area (Å²) < 4.78 is 27.5. The highest BCUT2D eigenvalue weighted by Crippen LogP contribution is 2.37. The second-order valence-electron chi connectivity index (χ2n) is 6.25. The van der Waals surface area contributed by atoms with Gasteiger partial charge in [-0.25, -0.2) is 8.42 Å². The number of piperidine rings is 1. The zero-order valence-electron chi connectivity index (χ0n) is 11.8. The first-order chi connectivity index (χ1) is 9.12. The van der Waals surface area contributed by atoms with Crippen molar-refractivity contribution < 1.29 is 13.5 Å². The van der Waals surface area contributed by atoms with Gasteiger partial charge in [0.25, 0.3) is 10.0 Å². The van der Waals surface area contributed by atoms with E-state index in [1.54, 1.807) is 12.1 Å². The summed E-state index contributed by atoms with van der Waals surface area (Å²) in [7, 11) is -3.48. The Hall–Kier alpha value is 0.0500. The second kappa shape index (κ2) is 5.68. The molecule has 0 unspecified atom stereocenters. The van der Waals surface area contributed by atoms with E-state index in [1.807, 2.05) is 0 Å². The standard InChI is InChI=1S/C13H20BrNO3S2/c1-13(2,3)9-6-7-15(8-10(9)16)20(17,18)12-5-4-11(14)19-12/h4-5,9-10,16H,6-8H2,1-3H3/t9-,10+/m0/s1. The molecule has 1 saturated heterocycles. The minimum Gasteiger partial charge on any atom is -0.391 e. The Bertz CT molecular complexity index is 577. The first-order valence-electron chi connectivity index (χ1n) is 6.56. The highest BCUT2D eigenvalue weighted by molar-refractivity contribution is 9.11. The number of aliphatic hydroxyl groups excluding tert-OH is 1. The first kappa shape index (κ1) is 16.4. The van der Waals surface area contributed by atoms with Gasteiger partial charge < -0.3 is 5.11 Å². The van der Waals surface area contributed by atoms with Gasteiger partial charge in [-0.2, -0.15) is 4.31 Å². The fraction of sp³-hybridized carbons (Fsp3) is 0.692. The topological polar surface area (TPSA) is 57.6 Å². The van der Waals surface area contributed by atoms with Crippen LogP contribution in [0.1, 0.15) is 27.2 Å². The quantitative estimate of drug-likeness (QED) is 0.856. The Morgan fingerprint density at radius 2 is 2.05 bits per heavy atom. The molecule has 2 heterocycles. The molecule has 4 nitrogen and oxygen atoms in total. The third-order valence-electron chi connectivity index (χ3n) is 3.80. The fourth-order valence-corrected chi connectivity index (χ4v) is 6.33. The second-order valence-corrected chi connectivity index (χ2v) is 10.9. The number of hydrogen-bond acceptors (Lipinski definition) is 4. The molecule has 0 saturated carbocycles. The van der Waals surface area contributed by atoms with Gasteiger partial charge in [0.15, 0.2) is 0 Å². The maximum Gasteiger partial charge on any atom is 0.252 e. The minimum atomic E-state index is -3.48. The lowest BCUT2D eigenvalue weighted by atomic mass is 9.74. The van der Waals surface area contributed by atoms with Crippen LogP contribution in [0.5, 0.6) is 0 Å². The van der Waals surface area contributed by atoms with Crippen molar-refractivity contribution in [1.82, 2.24) is 4.31 Å². The summed E-state index contributed by atoms with van der Waals surface area (Å²) in [5, 5.41) is 10.3. The summed E-state index contributed by atoms with van der Waals surface area (Å²) in [6.07, 6.45) is 0.0816.